The molecule has 1 aromatic rings. The normalized spacial score (nSPS) is 10.6. The van der Waals surface area contributed by atoms with Crippen LogP contribution < -0.4 is 4.74 Å². The number of methoxy groups -OCH3 is 1. The van der Waals surface area contributed by atoms with Gasteiger partial charge in [0.25, 0.3) is 5.91 Å². The van der Waals surface area contributed by atoms with E-state index >= 15 is 0 Å². The topological polar surface area (TPSA) is 29.5 Å². The first-order valence-electron chi connectivity index (χ1n) is 6.52. The zero-order chi connectivity index (χ0) is 14.4. The van der Waals surface area contributed by atoms with E-state index in [0.29, 0.717) is 11.3 Å². The highest BCUT2D eigenvalue weighted by Crippen LogP contribution is 2.22. The molecular formula is C15H22BrNO2. The average Bonchev–Trinajstić information content (AvgIpc) is 2.38. The third kappa shape index (κ3) is 4.23. The number of aryl methyl sites for hydroxylation is 1. The van der Waals surface area contributed by atoms with Gasteiger partial charge in [-0.1, -0.05) is 27.6 Å². The van der Waals surface area contributed by atoms with Crippen molar-refractivity contribution in [3.8, 4) is 5.75 Å². The molecule has 1 aromatic carbocycles. The number of amides is 1. The molecule has 0 aliphatic rings. The highest BCUT2D eigenvalue weighted by atomic mass is 79.9. The minimum Gasteiger partial charge on any atom is -0.496 e. The highest BCUT2D eigenvalue weighted by Gasteiger charge is 2.21. The maximum Gasteiger partial charge on any atom is 0.257 e. The Bertz CT molecular complexity index is 432. The van der Waals surface area contributed by atoms with Crippen LogP contribution in [0.2, 0.25) is 0 Å². The number of hydrogen-bond acceptors (Lipinski definition) is 2. The highest BCUT2D eigenvalue weighted by molar-refractivity contribution is 9.09. The lowest BCUT2D eigenvalue weighted by Crippen LogP contribution is -2.38. The second-order valence-corrected chi connectivity index (χ2v) is 5.63. The van der Waals surface area contributed by atoms with Gasteiger partial charge in [0.05, 0.1) is 12.7 Å². The molecule has 3 nitrogen and oxygen atoms in total. The number of benzene rings is 1. The fraction of sp³-hybridized carbons (Fsp3) is 0.533. The molecule has 0 aliphatic heterocycles. The Morgan fingerprint density at radius 2 is 2.11 bits per heavy atom. The molecule has 0 aliphatic carbocycles. The number of carbonyl (C=O) groups excluding carboxylic acids is 1. The first-order valence-corrected chi connectivity index (χ1v) is 7.65. The van der Waals surface area contributed by atoms with Gasteiger partial charge in [0, 0.05) is 17.9 Å². The Morgan fingerprint density at radius 1 is 1.42 bits per heavy atom. The molecule has 1 amide bonds. The molecule has 0 bridgehead atoms. The summed E-state index contributed by atoms with van der Waals surface area (Å²) in [6, 6.07) is 5.88. The third-order valence-corrected chi connectivity index (χ3v) is 3.56. The number of halogens is 1. The fourth-order valence-electron chi connectivity index (χ4n) is 1.97. The number of carbonyl (C=O) groups is 1. The summed E-state index contributed by atoms with van der Waals surface area (Å²) in [5.41, 5.74) is 1.71. The molecule has 19 heavy (non-hydrogen) atoms. The zero-order valence-electron chi connectivity index (χ0n) is 12.1. The van der Waals surface area contributed by atoms with E-state index in [0.717, 1.165) is 23.9 Å². The van der Waals surface area contributed by atoms with Crippen molar-refractivity contribution in [2.45, 2.75) is 33.2 Å². The van der Waals surface area contributed by atoms with E-state index in [9.17, 15) is 4.79 Å². The van der Waals surface area contributed by atoms with E-state index in [4.69, 9.17) is 4.74 Å². The minimum absolute atomic E-state index is 0.0384. The van der Waals surface area contributed by atoms with Gasteiger partial charge in [0.1, 0.15) is 5.75 Å². The first kappa shape index (κ1) is 16.0. The van der Waals surface area contributed by atoms with Gasteiger partial charge in [-0.25, -0.2) is 0 Å². The largest absolute Gasteiger partial charge is 0.496 e. The van der Waals surface area contributed by atoms with Crippen LogP contribution in [0.5, 0.6) is 5.75 Å². The van der Waals surface area contributed by atoms with E-state index in [1.54, 1.807) is 7.11 Å². The lowest BCUT2D eigenvalue weighted by molar-refractivity contribution is 0.0703. The van der Waals surface area contributed by atoms with Gasteiger partial charge in [-0.3, -0.25) is 4.79 Å². The van der Waals surface area contributed by atoms with Crippen LogP contribution in [0.4, 0.5) is 0 Å². The van der Waals surface area contributed by atoms with Gasteiger partial charge in [0.2, 0.25) is 0 Å². The summed E-state index contributed by atoms with van der Waals surface area (Å²) in [6.45, 7) is 6.80. The van der Waals surface area contributed by atoms with Crippen LogP contribution in [0.1, 0.15) is 36.2 Å². The third-order valence-electron chi connectivity index (χ3n) is 3.00. The second-order valence-electron chi connectivity index (χ2n) is 4.84. The first-order chi connectivity index (χ1) is 9.01. The molecule has 0 saturated heterocycles. The molecule has 1 rings (SSSR count). The van der Waals surface area contributed by atoms with Crippen LogP contribution in [0, 0.1) is 6.92 Å². The molecule has 0 saturated carbocycles. The molecule has 0 aromatic heterocycles. The Kier molecular flexibility index (Phi) is 6.35. The summed E-state index contributed by atoms with van der Waals surface area (Å²) < 4.78 is 5.30. The summed E-state index contributed by atoms with van der Waals surface area (Å²) in [4.78, 5) is 14.5. The molecule has 106 valence electrons. The van der Waals surface area contributed by atoms with E-state index in [-0.39, 0.29) is 11.9 Å². The number of nitrogens with zero attached hydrogens (tertiary/aromatic N) is 1. The van der Waals surface area contributed by atoms with Crippen molar-refractivity contribution in [1.29, 1.82) is 0 Å². The Morgan fingerprint density at radius 3 is 2.63 bits per heavy atom. The average molecular weight is 328 g/mol. The van der Waals surface area contributed by atoms with E-state index < -0.39 is 0 Å². The monoisotopic (exact) mass is 327 g/mol. The lowest BCUT2D eigenvalue weighted by atomic mass is 10.1. The molecule has 0 radical (unpaired) electrons. The van der Waals surface area contributed by atoms with Gasteiger partial charge < -0.3 is 9.64 Å². The lowest BCUT2D eigenvalue weighted by Gasteiger charge is -2.27. The van der Waals surface area contributed by atoms with Crippen LogP contribution >= 0.6 is 15.9 Å². The standard InChI is InChI=1S/C15H22BrNO2/c1-11(2)17(9-5-8-16)15(18)13-10-12(3)6-7-14(13)19-4/h6-7,10-11H,5,8-9H2,1-4H3. The van der Waals surface area contributed by atoms with Crippen LogP contribution in [-0.4, -0.2) is 35.8 Å². The van der Waals surface area contributed by atoms with Gasteiger partial charge in [-0.15, -0.1) is 0 Å². The fourth-order valence-corrected chi connectivity index (χ4v) is 2.22. The molecule has 0 unspecified atom stereocenters. The predicted octanol–water partition coefficient (Wildman–Crippen LogP) is 3.64. The van der Waals surface area contributed by atoms with Gasteiger partial charge in [-0.05, 0) is 39.3 Å². The SMILES string of the molecule is COc1ccc(C)cc1C(=O)N(CCCBr)C(C)C. The molecule has 4 heteroatoms. The maximum absolute atomic E-state index is 12.7. The van der Waals surface area contributed by atoms with Crippen LogP contribution in [0.15, 0.2) is 18.2 Å². The van der Waals surface area contributed by atoms with Crippen LogP contribution in [-0.2, 0) is 0 Å². The summed E-state index contributed by atoms with van der Waals surface area (Å²) in [5.74, 6) is 0.677. The quantitative estimate of drug-likeness (QED) is 0.746. The smallest absolute Gasteiger partial charge is 0.257 e. The van der Waals surface area contributed by atoms with Crippen molar-refractivity contribution in [3.63, 3.8) is 0 Å². The van der Waals surface area contributed by atoms with Crippen molar-refractivity contribution < 1.29 is 9.53 Å². The van der Waals surface area contributed by atoms with Crippen molar-refractivity contribution in [2.75, 3.05) is 19.0 Å². The van der Waals surface area contributed by atoms with Crippen molar-refractivity contribution >= 4 is 21.8 Å². The second kappa shape index (κ2) is 7.53. The van der Waals surface area contributed by atoms with Crippen molar-refractivity contribution in [1.82, 2.24) is 4.90 Å². The van der Waals surface area contributed by atoms with Gasteiger partial charge in [-0.2, -0.15) is 0 Å². The molecule has 0 heterocycles. The molecule has 0 spiro atoms. The number of hydrogen-bond donors (Lipinski definition) is 0. The Hall–Kier alpha value is -1.03. The van der Waals surface area contributed by atoms with Crippen molar-refractivity contribution in [3.05, 3.63) is 29.3 Å². The molecule has 0 fully saturated rings. The summed E-state index contributed by atoms with van der Waals surface area (Å²) in [6.07, 6.45) is 0.943. The van der Waals surface area contributed by atoms with E-state index in [1.165, 1.54) is 0 Å². The van der Waals surface area contributed by atoms with Crippen molar-refractivity contribution in [2.24, 2.45) is 0 Å². The number of rotatable bonds is 6. The Balaban J connectivity index is 3.04. The molecular weight excluding hydrogens is 306 g/mol. The van der Waals surface area contributed by atoms with Gasteiger partial charge in [0.15, 0.2) is 0 Å². The Labute approximate surface area is 124 Å². The summed E-state index contributed by atoms with van der Waals surface area (Å²) in [5, 5.41) is 0.897. The molecule has 0 atom stereocenters. The number of alkyl halides is 1. The predicted molar refractivity (Wildman–Crippen MR) is 82.3 cm³/mol. The maximum atomic E-state index is 12.7. The zero-order valence-corrected chi connectivity index (χ0v) is 13.7. The summed E-state index contributed by atoms with van der Waals surface area (Å²) in [7, 11) is 1.60. The van der Waals surface area contributed by atoms with E-state index in [2.05, 4.69) is 15.9 Å². The van der Waals surface area contributed by atoms with Crippen LogP contribution in [0.25, 0.3) is 0 Å². The van der Waals surface area contributed by atoms with E-state index in [1.807, 2.05) is 43.9 Å². The molecule has 0 N–H and O–H groups in total. The van der Waals surface area contributed by atoms with Crippen LogP contribution in [0.3, 0.4) is 0 Å². The minimum atomic E-state index is 0.0384. The summed E-state index contributed by atoms with van der Waals surface area (Å²) >= 11 is 3.41. The number of ether oxygens (including phenoxy) is 1. The van der Waals surface area contributed by atoms with Gasteiger partial charge >= 0.3 is 0 Å².